The van der Waals surface area contributed by atoms with E-state index in [1.807, 2.05) is 0 Å². The van der Waals surface area contributed by atoms with Gasteiger partial charge in [0.1, 0.15) is 11.3 Å². The molecule has 2 heterocycles. The maximum absolute atomic E-state index is 13.2. The van der Waals surface area contributed by atoms with Gasteiger partial charge < -0.3 is 15.0 Å². The van der Waals surface area contributed by atoms with Crippen molar-refractivity contribution in [1.29, 1.82) is 0 Å². The number of alkyl halides is 6. The van der Waals surface area contributed by atoms with Gasteiger partial charge in [0.05, 0.1) is 16.6 Å². The standard InChI is InChI=1S/C16H17F6N3O/c1-23-14(2-4-26-5-3-14)8-12-24-11-7-9(15(17,18)19)6-10(13(11)25-12)16(20,21)22/h6-7,23H,2-5,8H2,1H3,(H,24,25). The number of nitrogens with zero attached hydrogens (tertiary/aromatic N) is 1. The van der Waals surface area contributed by atoms with Gasteiger partial charge in [-0.05, 0) is 32.0 Å². The summed E-state index contributed by atoms with van der Waals surface area (Å²) >= 11 is 0. The van der Waals surface area contributed by atoms with Crippen LogP contribution in [0.5, 0.6) is 0 Å². The van der Waals surface area contributed by atoms with E-state index >= 15 is 0 Å². The third-order valence-electron chi connectivity index (χ3n) is 4.75. The molecule has 0 radical (unpaired) electrons. The van der Waals surface area contributed by atoms with Crippen LogP contribution in [-0.2, 0) is 23.5 Å². The minimum Gasteiger partial charge on any atom is -0.381 e. The van der Waals surface area contributed by atoms with E-state index in [2.05, 4.69) is 15.3 Å². The van der Waals surface area contributed by atoms with Gasteiger partial charge in [-0.2, -0.15) is 26.3 Å². The Hall–Kier alpha value is -1.81. The fourth-order valence-corrected chi connectivity index (χ4v) is 3.23. The number of likely N-dealkylation sites (N-methyl/N-ethyl adjacent to an activating group) is 1. The first kappa shape index (κ1) is 19.0. The van der Waals surface area contributed by atoms with Gasteiger partial charge in [0.15, 0.2) is 0 Å². The van der Waals surface area contributed by atoms with Gasteiger partial charge >= 0.3 is 12.4 Å². The van der Waals surface area contributed by atoms with Crippen LogP contribution in [0, 0.1) is 0 Å². The molecule has 0 unspecified atom stereocenters. The highest BCUT2D eigenvalue weighted by Crippen LogP contribution is 2.39. The quantitative estimate of drug-likeness (QED) is 0.793. The van der Waals surface area contributed by atoms with Crippen molar-refractivity contribution in [2.24, 2.45) is 0 Å². The molecule has 26 heavy (non-hydrogen) atoms. The maximum atomic E-state index is 13.2. The predicted octanol–water partition coefficient (Wildman–Crippen LogP) is 3.91. The first-order valence-electron chi connectivity index (χ1n) is 7.98. The van der Waals surface area contributed by atoms with Crippen molar-refractivity contribution >= 4 is 11.0 Å². The Morgan fingerprint density at radius 1 is 1.12 bits per heavy atom. The monoisotopic (exact) mass is 381 g/mol. The molecule has 144 valence electrons. The van der Waals surface area contributed by atoms with Crippen LogP contribution in [0.1, 0.15) is 29.8 Å². The van der Waals surface area contributed by atoms with Gasteiger partial charge in [0.2, 0.25) is 0 Å². The van der Waals surface area contributed by atoms with Gasteiger partial charge in [0, 0.05) is 25.2 Å². The third kappa shape index (κ3) is 3.66. The summed E-state index contributed by atoms with van der Waals surface area (Å²) in [7, 11) is 1.73. The number of nitrogens with one attached hydrogen (secondary N) is 2. The zero-order valence-corrected chi connectivity index (χ0v) is 13.8. The predicted molar refractivity (Wildman–Crippen MR) is 81.6 cm³/mol. The molecular formula is C16H17F6N3O. The van der Waals surface area contributed by atoms with E-state index in [1.165, 1.54) is 0 Å². The molecule has 0 aliphatic carbocycles. The summed E-state index contributed by atoms with van der Waals surface area (Å²) in [6, 6.07) is 0.770. The van der Waals surface area contributed by atoms with Crippen molar-refractivity contribution in [3.63, 3.8) is 0 Å². The summed E-state index contributed by atoms with van der Waals surface area (Å²) in [6.07, 6.45) is -8.31. The van der Waals surface area contributed by atoms with E-state index < -0.39 is 34.5 Å². The smallest absolute Gasteiger partial charge is 0.381 e. The van der Waals surface area contributed by atoms with E-state index in [0.29, 0.717) is 32.1 Å². The highest BCUT2D eigenvalue weighted by atomic mass is 19.4. The number of benzene rings is 1. The fraction of sp³-hybridized carbons (Fsp3) is 0.562. The molecule has 0 spiro atoms. The van der Waals surface area contributed by atoms with Gasteiger partial charge in [-0.25, -0.2) is 4.98 Å². The second kappa shape index (κ2) is 6.41. The molecule has 1 aliphatic heterocycles. The average molecular weight is 381 g/mol. The van der Waals surface area contributed by atoms with E-state index in [1.54, 1.807) is 7.05 Å². The van der Waals surface area contributed by atoms with Gasteiger partial charge in [-0.15, -0.1) is 0 Å². The lowest BCUT2D eigenvalue weighted by atomic mass is 9.86. The van der Waals surface area contributed by atoms with Crippen LogP contribution in [-0.4, -0.2) is 35.8 Å². The number of aromatic nitrogens is 2. The Morgan fingerprint density at radius 3 is 2.31 bits per heavy atom. The van der Waals surface area contributed by atoms with Crippen LogP contribution in [0.3, 0.4) is 0 Å². The number of halogens is 6. The maximum Gasteiger partial charge on any atom is 0.418 e. The second-order valence-corrected chi connectivity index (χ2v) is 6.42. The van der Waals surface area contributed by atoms with E-state index in [0.717, 1.165) is 0 Å². The fourth-order valence-electron chi connectivity index (χ4n) is 3.23. The highest BCUT2D eigenvalue weighted by molar-refractivity contribution is 5.80. The Kier molecular flexibility index (Phi) is 4.68. The Bertz CT molecular complexity index is 790. The zero-order valence-electron chi connectivity index (χ0n) is 13.8. The normalized spacial score (nSPS) is 18.4. The first-order valence-corrected chi connectivity index (χ1v) is 7.98. The lowest BCUT2D eigenvalue weighted by molar-refractivity contribution is -0.142. The number of aromatic amines is 1. The molecule has 1 aliphatic rings. The molecule has 2 N–H and O–H groups in total. The Balaban J connectivity index is 2.07. The van der Waals surface area contributed by atoms with E-state index in [9.17, 15) is 26.3 Å². The SMILES string of the molecule is CNC1(Cc2nc3c(C(F)(F)F)cc(C(F)(F)F)cc3[nH]2)CCOCC1. The average Bonchev–Trinajstić information content (AvgIpc) is 2.94. The molecule has 1 fully saturated rings. The summed E-state index contributed by atoms with van der Waals surface area (Å²) in [5.41, 5.74) is -3.95. The van der Waals surface area contributed by atoms with Crippen molar-refractivity contribution in [3.05, 3.63) is 29.1 Å². The molecule has 2 aromatic rings. The number of H-pyrrole nitrogens is 1. The van der Waals surface area contributed by atoms with E-state index in [4.69, 9.17) is 4.74 Å². The Labute approximate surface area is 144 Å². The molecule has 3 rings (SSSR count). The van der Waals surface area contributed by atoms with Gasteiger partial charge in [-0.1, -0.05) is 0 Å². The highest BCUT2D eigenvalue weighted by Gasteiger charge is 2.39. The minimum absolute atomic E-state index is 0.106. The molecule has 1 aromatic heterocycles. The number of hydrogen-bond donors (Lipinski definition) is 2. The second-order valence-electron chi connectivity index (χ2n) is 6.42. The van der Waals surface area contributed by atoms with Crippen molar-refractivity contribution < 1.29 is 31.1 Å². The van der Waals surface area contributed by atoms with Crippen LogP contribution in [0.25, 0.3) is 11.0 Å². The molecule has 0 atom stereocenters. The summed E-state index contributed by atoms with van der Waals surface area (Å²) < 4.78 is 83.9. The van der Waals surface area contributed by atoms with Crippen molar-refractivity contribution in [2.75, 3.05) is 20.3 Å². The summed E-state index contributed by atoms with van der Waals surface area (Å²) in [6.45, 7) is 0.986. The van der Waals surface area contributed by atoms with Crippen LogP contribution in [0.2, 0.25) is 0 Å². The molecule has 0 bridgehead atoms. The lowest BCUT2D eigenvalue weighted by Gasteiger charge is -2.36. The largest absolute Gasteiger partial charge is 0.418 e. The van der Waals surface area contributed by atoms with Crippen molar-refractivity contribution in [1.82, 2.24) is 15.3 Å². The zero-order chi connectivity index (χ0) is 19.2. The first-order chi connectivity index (χ1) is 12.0. The topological polar surface area (TPSA) is 49.9 Å². The Morgan fingerprint density at radius 2 is 1.77 bits per heavy atom. The van der Waals surface area contributed by atoms with Crippen LogP contribution < -0.4 is 5.32 Å². The van der Waals surface area contributed by atoms with Crippen LogP contribution in [0.4, 0.5) is 26.3 Å². The van der Waals surface area contributed by atoms with Crippen molar-refractivity contribution in [2.45, 2.75) is 37.2 Å². The van der Waals surface area contributed by atoms with Crippen molar-refractivity contribution in [3.8, 4) is 0 Å². The molecule has 10 heteroatoms. The number of ether oxygens (including phenoxy) is 1. The molecule has 0 saturated carbocycles. The van der Waals surface area contributed by atoms with Crippen LogP contribution >= 0.6 is 0 Å². The molecule has 0 amide bonds. The van der Waals surface area contributed by atoms with Crippen LogP contribution in [0.15, 0.2) is 12.1 Å². The summed E-state index contributed by atoms with van der Waals surface area (Å²) in [5.74, 6) is 0.209. The number of fused-ring (bicyclic) bond motifs is 1. The van der Waals surface area contributed by atoms with Gasteiger partial charge in [0.25, 0.3) is 0 Å². The van der Waals surface area contributed by atoms with E-state index in [-0.39, 0.29) is 23.8 Å². The molecule has 1 aromatic carbocycles. The molecule has 1 saturated heterocycles. The lowest BCUT2D eigenvalue weighted by Crippen LogP contribution is -2.49. The number of hydrogen-bond acceptors (Lipinski definition) is 3. The summed E-state index contributed by atoms with van der Waals surface area (Å²) in [4.78, 5) is 6.60. The number of imidazole rings is 1. The number of rotatable bonds is 3. The molecular weight excluding hydrogens is 364 g/mol. The van der Waals surface area contributed by atoms with Gasteiger partial charge in [-0.3, -0.25) is 0 Å². The molecule has 4 nitrogen and oxygen atoms in total. The minimum atomic E-state index is -4.94. The third-order valence-corrected chi connectivity index (χ3v) is 4.75. The summed E-state index contributed by atoms with van der Waals surface area (Å²) in [5, 5.41) is 3.15.